The molecule has 2 saturated carbocycles. The van der Waals surface area contributed by atoms with Crippen molar-refractivity contribution in [1.29, 1.82) is 5.26 Å². The zero-order valence-corrected chi connectivity index (χ0v) is 22.5. The second kappa shape index (κ2) is 10.3. The Labute approximate surface area is 221 Å². The molecule has 2 aliphatic carbocycles. The SMILES string of the molecule is Cc1ncsc1-c1ccc(CNC(=O)[C@@H]2C[C@@H](O)CC2C(=O)[C@@H](NC(=O)C2(C#N)CC2)C(C)(C)C)cc1. The van der Waals surface area contributed by atoms with Crippen LogP contribution in [0.3, 0.4) is 0 Å². The monoisotopic (exact) mass is 522 g/mol. The number of nitriles is 1. The zero-order valence-electron chi connectivity index (χ0n) is 21.7. The number of aliphatic hydroxyl groups excluding tert-OH is 1. The van der Waals surface area contributed by atoms with E-state index in [9.17, 15) is 24.8 Å². The van der Waals surface area contributed by atoms with E-state index in [0.717, 1.165) is 21.7 Å². The number of nitrogens with zero attached hydrogens (tertiary/aromatic N) is 2. The van der Waals surface area contributed by atoms with E-state index < -0.39 is 40.7 Å². The summed E-state index contributed by atoms with van der Waals surface area (Å²) in [6, 6.07) is 9.11. The standard InChI is InChI=1S/C28H34N4O4S/c1-16-23(37-15-31-16)18-7-5-17(6-8-18)13-30-25(35)21-12-19(33)11-20(21)22(34)24(27(2,3)4)32-26(36)28(14-29)9-10-28/h5-8,15,19-21,24,33H,9-13H2,1-4H3,(H,30,35)(H,32,36)/t19-,20?,21+,24+/m0/s1. The molecule has 2 aliphatic rings. The van der Waals surface area contributed by atoms with Gasteiger partial charge in [-0.3, -0.25) is 14.4 Å². The molecule has 1 heterocycles. The van der Waals surface area contributed by atoms with Gasteiger partial charge in [0.15, 0.2) is 5.78 Å². The Morgan fingerprint density at radius 3 is 2.38 bits per heavy atom. The van der Waals surface area contributed by atoms with E-state index in [1.165, 1.54) is 0 Å². The minimum absolute atomic E-state index is 0.172. The molecule has 1 aromatic carbocycles. The molecule has 2 amide bonds. The number of carbonyl (C=O) groups is 3. The number of hydrogen-bond donors (Lipinski definition) is 3. The van der Waals surface area contributed by atoms with Crippen LogP contribution in [0, 0.1) is 40.9 Å². The van der Waals surface area contributed by atoms with Gasteiger partial charge in [0.1, 0.15) is 5.41 Å². The molecule has 8 nitrogen and oxygen atoms in total. The van der Waals surface area contributed by atoms with Crippen LogP contribution in [0.4, 0.5) is 0 Å². The predicted octanol–water partition coefficient (Wildman–Crippen LogP) is 3.53. The Bertz CT molecular complexity index is 1220. The van der Waals surface area contributed by atoms with E-state index in [-0.39, 0.29) is 24.5 Å². The molecule has 2 aromatic rings. The summed E-state index contributed by atoms with van der Waals surface area (Å²) in [7, 11) is 0. The topological polar surface area (TPSA) is 132 Å². The molecule has 4 rings (SSSR count). The van der Waals surface area contributed by atoms with Crippen LogP contribution in [0.15, 0.2) is 29.8 Å². The van der Waals surface area contributed by atoms with Gasteiger partial charge in [0.25, 0.3) is 0 Å². The molecule has 1 aromatic heterocycles. The van der Waals surface area contributed by atoms with E-state index in [1.54, 1.807) is 11.3 Å². The van der Waals surface area contributed by atoms with Gasteiger partial charge in [-0.2, -0.15) is 5.26 Å². The van der Waals surface area contributed by atoms with Crippen LogP contribution < -0.4 is 10.6 Å². The number of benzene rings is 1. The number of aryl methyl sites for hydroxylation is 1. The van der Waals surface area contributed by atoms with Gasteiger partial charge in [0, 0.05) is 12.5 Å². The lowest BCUT2D eigenvalue weighted by atomic mass is 9.77. The number of nitrogens with one attached hydrogen (secondary N) is 2. The van der Waals surface area contributed by atoms with Crippen molar-refractivity contribution in [2.45, 2.75) is 72.1 Å². The number of hydrogen-bond acceptors (Lipinski definition) is 7. The molecule has 0 bridgehead atoms. The Kier molecular flexibility index (Phi) is 7.54. The third-order valence-corrected chi connectivity index (χ3v) is 8.47. The first-order chi connectivity index (χ1) is 17.4. The molecule has 0 radical (unpaired) electrons. The van der Waals surface area contributed by atoms with Crippen LogP contribution in [0.5, 0.6) is 0 Å². The van der Waals surface area contributed by atoms with E-state index in [4.69, 9.17) is 0 Å². The fraction of sp³-hybridized carbons (Fsp3) is 0.536. The van der Waals surface area contributed by atoms with Gasteiger partial charge in [-0.1, -0.05) is 45.0 Å². The van der Waals surface area contributed by atoms with Crippen LogP contribution in [-0.2, 0) is 20.9 Å². The summed E-state index contributed by atoms with van der Waals surface area (Å²) in [4.78, 5) is 45.0. The van der Waals surface area contributed by atoms with Crippen LogP contribution >= 0.6 is 11.3 Å². The summed E-state index contributed by atoms with van der Waals surface area (Å²) < 4.78 is 0. The van der Waals surface area contributed by atoms with Gasteiger partial charge in [-0.25, -0.2) is 4.98 Å². The van der Waals surface area contributed by atoms with Crippen molar-refractivity contribution >= 4 is 28.9 Å². The average molecular weight is 523 g/mol. The summed E-state index contributed by atoms with van der Waals surface area (Å²) in [5.41, 5.74) is 3.11. The maximum absolute atomic E-state index is 13.7. The molecule has 37 heavy (non-hydrogen) atoms. The Balaban J connectivity index is 1.43. The van der Waals surface area contributed by atoms with Gasteiger partial charge in [-0.05, 0) is 49.1 Å². The number of thiazole rings is 1. The maximum atomic E-state index is 13.7. The molecule has 2 fully saturated rings. The van der Waals surface area contributed by atoms with Crippen LogP contribution in [0.25, 0.3) is 10.4 Å². The smallest absolute Gasteiger partial charge is 0.241 e. The van der Waals surface area contributed by atoms with Crippen molar-refractivity contribution in [3.8, 4) is 16.5 Å². The van der Waals surface area contributed by atoms with Crippen molar-refractivity contribution in [2.75, 3.05) is 0 Å². The molecular weight excluding hydrogens is 488 g/mol. The highest BCUT2D eigenvalue weighted by Gasteiger charge is 2.53. The fourth-order valence-corrected chi connectivity index (χ4v) is 5.81. The van der Waals surface area contributed by atoms with Gasteiger partial charge in [-0.15, -0.1) is 11.3 Å². The van der Waals surface area contributed by atoms with Crippen LogP contribution in [-0.4, -0.2) is 39.8 Å². The molecular formula is C28H34N4O4S. The lowest BCUT2D eigenvalue weighted by Gasteiger charge is -2.34. The molecule has 0 spiro atoms. The summed E-state index contributed by atoms with van der Waals surface area (Å²) in [5, 5.41) is 25.5. The van der Waals surface area contributed by atoms with E-state index in [2.05, 4.69) is 21.7 Å². The first-order valence-electron chi connectivity index (χ1n) is 12.7. The number of aromatic nitrogens is 1. The summed E-state index contributed by atoms with van der Waals surface area (Å²) >= 11 is 1.58. The van der Waals surface area contributed by atoms with E-state index in [1.807, 2.05) is 57.5 Å². The highest BCUT2D eigenvalue weighted by atomic mass is 32.1. The van der Waals surface area contributed by atoms with Crippen molar-refractivity contribution < 1.29 is 19.5 Å². The Hall–Kier alpha value is -3.09. The second-order valence-corrected chi connectivity index (χ2v) is 12.2. The molecule has 3 N–H and O–H groups in total. The lowest BCUT2D eigenvalue weighted by molar-refractivity contribution is -0.137. The molecule has 1 unspecified atom stereocenters. The predicted molar refractivity (Wildman–Crippen MR) is 140 cm³/mol. The van der Waals surface area contributed by atoms with Gasteiger partial charge in [0.05, 0.1) is 40.2 Å². The quantitative estimate of drug-likeness (QED) is 0.486. The minimum Gasteiger partial charge on any atom is -0.393 e. The number of aliphatic hydroxyl groups is 1. The third-order valence-electron chi connectivity index (χ3n) is 7.49. The Morgan fingerprint density at radius 2 is 1.84 bits per heavy atom. The first kappa shape index (κ1) is 27.0. The first-order valence-corrected chi connectivity index (χ1v) is 13.5. The minimum atomic E-state index is -1.05. The summed E-state index contributed by atoms with van der Waals surface area (Å²) in [5.74, 6) is -2.38. The van der Waals surface area contributed by atoms with Crippen molar-refractivity contribution in [2.24, 2.45) is 22.7 Å². The number of amides is 2. The van der Waals surface area contributed by atoms with Crippen molar-refractivity contribution in [3.05, 3.63) is 41.0 Å². The molecule has 196 valence electrons. The van der Waals surface area contributed by atoms with Crippen molar-refractivity contribution in [1.82, 2.24) is 15.6 Å². The average Bonchev–Trinajstić information content (AvgIpc) is 3.40. The molecule has 0 saturated heterocycles. The van der Waals surface area contributed by atoms with Gasteiger partial charge < -0.3 is 15.7 Å². The maximum Gasteiger partial charge on any atom is 0.241 e. The molecule has 0 aliphatic heterocycles. The highest BCUT2D eigenvalue weighted by molar-refractivity contribution is 7.13. The fourth-order valence-electron chi connectivity index (χ4n) is 5.00. The second-order valence-electron chi connectivity index (χ2n) is 11.4. The van der Waals surface area contributed by atoms with Crippen molar-refractivity contribution in [3.63, 3.8) is 0 Å². The van der Waals surface area contributed by atoms with Crippen LogP contribution in [0.1, 0.15) is 57.7 Å². The van der Waals surface area contributed by atoms with E-state index in [0.29, 0.717) is 19.4 Å². The summed E-state index contributed by atoms with van der Waals surface area (Å²) in [6.07, 6.45) is 0.568. The van der Waals surface area contributed by atoms with Crippen LogP contribution in [0.2, 0.25) is 0 Å². The van der Waals surface area contributed by atoms with Gasteiger partial charge >= 0.3 is 0 Å². The van der Waals surface area contributed by atoms with E-state index >= 15 is 0 Å². The number of carbonyl (C=O) groups excluding carboxylic acids is 3. The largest absolute Gasteiger partial charge is 0.393 e. The summed E-state index contributed by atoms with van der Waals surface area (Å²) in [6.45, 7) is 7.81. The Morgan fingerprint density at radius 1 is 1.19 bits per heavy atom. The lowest BCUT2D eigenvalue weighted by Crippen LogP contribution is -2.54. The zero-order chi connectivity index (χ0) is 27.0. The highest BCUT2D eigenvalue weighted by Crippen LogP contribution is 2.45. The number of ketones is 1. The molecule has 9 heteroatoms. The van der Waals surface area contributed by atoms with Gasteiger partial charge in [0.2, 0.25) is 11.8 Å². The number of rotatable bonds is 8. The molecule has 4 atom stereocenters. The normalized spacial score (nSPS) is 23.1. The third kappa shape index (κ3) is 5.76. The number of Topliss-reactive ketones (excluding diaryl/α,β-unsaturated/α-hetero) is 1.